The van der Waals surface area contributed by atoms with Crippen LogP contribution in [0, 0.1) is 20.8 Å². The maximum atomic E-state index is 10.7. The highest BCUT2D eigenvalue weighted by Crippen LogP contribution is 2.47. The Balaban J connectivity index is 1.35. The van der Waals surface area contributed by atoms with Gasteiger partial charge in [0.05, 0.1) is 5.41 Å². The van der Waals surface area contributed by atoms with Gasteiger partial charge in [0.2, 0.25) is 0 Å². The van der Waals surface area contributed by atoms with Gasteiger partial charge < -0.3 is 5.11 Å². The van der Waals surface area contributed by atoms with Crippen LogP contribution in [0.15, 0.2) is 152 Å². The van der Waals surface area contributed by atoms with Crippen molar-refractivity contribution in [1.82, 2.24) is 0 Å². The average Bonchev–Trinajstić information content (AvgIpc) is 3.26. The number of phenolic OH excluding ortho intramolecular Hbond substituents is 1. The van der Waals surface area contributed by atoms with Crippen molar-refractivity contribution in [2.24, 2.45) is 0 Å². The van der Waals surface area contributed by atoms with Gasteiger partial charge in [0.1, 0.15) is 5.75 Å². The number of phenols is 1. The van der Waals surface area contributed by atoms with E-state index < -0.39 is 5.41 Å². The first-order chi connectivity index (χ1) is 30.7. The van der Waals surface area contributed by atoms with Gasteiger partial charge in [-0.15, -0.1) is 0 Å². The van der Waals surface area contributed by atoms with Crippen LogP contribution in [0.2, 0.25) is 0 Å². The molecule has 0 aliphatic heterocycles. The van der Waals surface area contributed by atoms with Crippen molar-refractivity contribution in [3.63, 3.8) is 0 Å². The van der Waals surface area contributed by atoms with Gasteiger partial charge in [-0.25, -0.2) is 0 Å². The first kappa shape index (κ1) is 46.5. The highest BCUT2D eigenvalue weighted by molar-refractivity contribution is 5.76. The Morgan fingerprint density at radius 3 is 0.785 bits per heavy atom. The van der Waals surface area contributed by atoms with E-state index in [1.165, 1.54) is 66.8 Å². The third-order valence-electron chi connectivity index (χ3n) is 13.1. The first-order valence-electron chi connectivity index (χ1n) is 23.2. The van der Waals surface area contributed by atoms with Crippen molar-refractivity contribution in [3.8, 4) is 5.75 Å². The molecule has 0 aromatic heterocycles. The van der Waals surface area contributed by atoms with Crippen LogP contribution >= 0.6 is 0 Å². The summed E-state index contributed by atoms with van der Waals surface area (Å²) in [5.41, 5.74) is 18.8. The minimum absolute atomic E-state index is 0.113. The Morgan fingerprint density at radius 2 is 0.538 bits per heavy atom. The molecular formula is C64H68O. The van der Waals surface area contributed by atoms with Crippen LogP contribution < -0.4 is 0 Å². The number of hydrogen-bond donors (Lipinski definition) is 1. The van der Waals surface area contributed by atoms with E-state index in [2.05, 4.69) is 259 Å². The molecule has 7 aromatic rings. The largest absolute Gasteiger partial charge is 0.508 e. The lowest BCUT2D eigenvalue weighted by Crippen LogP contribution is -2.31. The van der Waals surface area contributed by atoms with Crippen LogP contribution in [0.25, 0.3) is 36.5 Å². The van der Waals surface area contributed by atoms with E-state index in [0.29, 0.717) is 0 Å². The molecule has 0 fully saturated rings. The quantitative estimate of drug-likeness (QED) is 0.107. The fourth-order valence-corrected chi connectivity index (χ4v) is 8.84. The van der Waals surface area contributed by atoms with Crippen LogP contribution in [-0.2, 0) is 21.7 Å². The van der Waals surface area contributed by atoms with E-state index in [1.807, 2.05) is 12.1 Å². The summed E-state index contributed by atoms with van der Waals surface area (Å²) in [7, 11) is 0. The smallest absolute Gasteiger partial charge is 0.115 e. The van der Waals surface area contributed by atoms with E-state index in [0.717, 1.165) is 22.3 Å². The first-order valence-corrected chi connectivity index (χ1v) is 23.2. The molecule has 0 saturated carbocycles. The van der Waals surface area contributed by atoms with Crippen molar-refractivity contribution in [2.75, 3.05) is 0 Å². The Labute approximate surface area is 391 Å². The minimum atomic E-state index is -0.713. The van der Waals surface area contributed by atoms with Gasteiger partial charge in [0.25, 0.3) is 0 Å². The van der Waals surface area contributed by atoms with Gasteiger partial charge in [-0.1, -0.05) is 238 Å². The van der Waals surface area contributed by atoms with Crippen molar-refractivity contribution in [2.45, 2.75) is 105 Å². The molecule has 0 radical (unpaired) electrons. The summed E-state index contributed by atoms with van der Waals surface area (Å²) in [6, 6.07) is 55.3. The van der Waals surface area contributed by atoms with Gasteiger partial charge in [-0.05, 0) is 138 Å². The van der Waals surface area contributed by atoms with Gasteiger partial charge in [-0.2, -0.15) is 0 Å². The summed E-state index contributed by atoms with van der Waals surface area (Å²) in [6.45, 7) is 26.9. The molecule has 1 nitrogen and oxygen atoms in total. The lowest BCUT2D eigenvalue weighted by Gasteiger charge is -2.38. The van der Waals surface area contributed by atoms with Crippen LogP contribution in [0.3, 0.4) is 0 Å². The molecule has 330 valence electrons. The molecule has 1 N–H and O–H groups in total. The highest BCUT2D eigenvalue weighted by Gasteiger charge is 2.39. The summed E-state index contributed by atoms with van der Waals surface area (Å²) >= 11 is 0. The zero-order valence-corrected chi connectivity index (χ0v) is 40.8. The Bertz CT molecular complexity index is 2560. The van der Waals surface area contributed by atoms with Crippen LogP contribution in [0.4, 0.5) is 0 Å². The van der Waals surface area contributed by atoms with Crippen molar-refractivity contribution < 1.29 is 5.11 Å². The maximum Gasteiger partial charge on any atom is 0.115 e. The van der Waals surface area contributed by atoms with Crippen molar-refractivity contribution in [3.05, 3.63) is 241 Å². The number of rotatable bonds is 10. The number of benzene rings is 7. The average molecular weight is 853 g/mol. The number of hydrogen-bond acceptors (Lipinski definition) is 1. The van der Waals surface area contributed by atoms with Gasteiger partial charge in [-0.3, -0.25) is 0 Å². The monoisotopic (exact) mass is 853 g/mol. The molecule has 0 unspecified atom stereocenters. The lowest BCUT2D eigenvalue weighted by molar-refractivity contribution is 0.474. The van der Waals surface area contributed by atoms with E-state index in [-0.39, 0.29) is 22.0 Å². The summed E-state index contributed by atoms with van der Waals surface area (Å²) in [5, 5.41) is 10.7. The van der Waals surface area contributed by atoms with Gasteiger partial charge >= 0.3 is 0 Å². The van der Waals surface area contributed by atoms with E-state index in [4.69, 9.17) is 0 Å². The molecule has 0 bridgehead atoms. The molecule has 0 aliphatic carbocycles. The molecule has 0 atom stereocenters. The Kier molecular flexibility index (Phi) is 13.3. The topological polar surface area (TPSA) is 20.2 Å². The summed E-state index contributed by atoms with van der Waals surface area (Å²) in [6.07, 6.45) is 13.3. The molecule has 0 aliphatic rings. The maximum absolute atomic E-state index is 10.7. The fourth-order valence-electron chi connectivity index (χ4n) is 8.84. The molecule has 0 spiro atoms. The van der Waals surface area contributed by atoms with E-state index in [1.54, 1.807) is 0 Å². The molecule has 7 rings (SSSR count). The molecule has 1 heteroatoms. The van der Waals surface area contributed by atoms with Crippen molar-refractivity contribution >= 4 is 36.5 Å². The molecular weight excluding hydrogens is 785 g/mol. The SMILES string of the molecule is Cc1cc(C(c2ccc(O)cc2)(c2ccc(/C=C/c3ccc(C(C)(C)C)cc3)c(C)c2)c2ccc(/C=C/c3ccc(C(C)(C)C)cc3)c(C)c2)ccc1/C=C/c1ccc(C(C)(C)C)cc1. The minimum Gasteiger partial charge on any atom is -0.508 e. The fraction of sp³-hybridized carbons (Fsp3) is 0.250. The second kappa shape index (κ2) is 18.6. The van der Waals surface area contributed by atoms with Crippen LogP contribution in [0.5, 0.6) is 5.75 Å². The second-order valence-corrected chi connectivity index (χ2v) is 21.1. The third kappa shape index (κ3) is 10.6. The normalized spacial score (nSPS) is 12.8. The van der Waals surface area contributed by atoms with E-state index >= 15 is 0 Å². The predicted octanol–water partition coefficient (Wildman–Crippen LogP) is 17.1. The number of aryl methyl sites for hydroxylation is 3. The Morgan fingerprint density at radius 1 is 0.292 bits per heavy atom. The predicted molar refractivity (Wildman–Crippen MR) is 283 cm³/mol. The molecule has 65 heavy (non-hydrogen) atoms. The number of aromatic hydroxyl groups is 1. The molecule has 7 aromatic carbocycles. The Hall–Kier alpha value is -6.44. The third-order valence-corrected chi connectivity index (χ3v) is 13.1. The molecule has 0 amide bonds. The van der Waals surface area contributed by atoms with E-state index in [9.17, 15) is 5.11 Å². The van der Waals surface area contributed by atoms with Gasteiger partial charge in [0.15, 0.2) is 0 Å². The van der Waals surface area contributed by atoms with Gasteiger partial charge in [0, 0.05) is 0 Å². The summed E-state index contributed by atoms with van der Waals surface area (Å²) in [5.74, 6) is 0.245. The summed E-state index contributed by atoms with van der Waals surface area (Å²) in [4.78, 5) is 0. The van der Waals surface area contributed by atoms with Crippen LogP contribution in [-0.4, -0.2) is 5.11 Å². The molecule has 0 heterocycles. The molecule has 0 saturated heterocycles. The zero-order valence-electron chi connectivity index (χ0n) is 40.8. The highest BCUT2D eigenvalue weighted by atomic mass is 16.3. The summed E-state index contributed by atoms with van der Waals surface area (Å²) < 4.78 is 0. The standard InChI is InChI=1S/C64H68O/c1-44-41-57(34-25-50(44)22-13-47-16-28-53(29-17-47)61(4,5)6)64(56-37-39-60(65)40-38-56,58-35-26-51(45(2)42-58)23-14-48-18-30-54(31-19-48)62(7,8)9)59-36-27-52(46(3)43-59)24-15-49-20-32-55(33-21-49)63(10,11)12/h13-43,65H,1-12H3/b22-13+,23-14+,24-15+. The van der Waals surface area contributed by atoms with Crippen LogP contribution in [0.1, 0.15) is 151 Å². The zero-order chi connectivity index (χ0) is 46.7. The van der Waals surface area contributed by atoms with Crippen molar-refractivity contribution in [1.29, 1.82) is 0 Å². The lowest BCUT2D eigenvalue weighted by atomic mass is 9.64. The second-order valence-electron chi connectivity index (χ2n) is 21.1.